The van der Waals surface area contributed by atoms with Crippen LogP contribution in [0.4, 0.5) is 11.5 Å². The van der Waals surface area contributed by atoms with Crippen LogP contribution in [0.3, 0.4) is 0 Å². The van der Waals surface area contributed by atoms with E-state index in [-0.39, 0.29) is 16.8 Å². The fourth-order valence-electron chi connectivity index (χ4n) is 0.817. The third-order valence-electron chi connectivity index (χ3n) is 1.38. The highest BCUT2D eigenvalue weighted by Gasteiger charge is 2.11. The minimum atomic E-state index is -1.11. The summed E-state index contributed by atoms with van der Waals surface area (Å²) in [5, 5.41) is 21.1. The molecule has 6 nitrogen and oxygen atoms in total. The Hall–Kier alpha value is -0.660. The zero-order valence-electron chi connectivity index (χ0n) is 7.00. The van der Waals surface area contributed by atoms with Gasteiger partial charge in [0.1, 0.15) is 0 Å². The molecule has 0 saturated carbocycles. The molecule has 1 rings (SSSR count). The molecule has 0 saturated heterocycles. The fraction of sp³-hybridized carbons (Fsp3) is 0.333. The third kappa shape index (κ3) is 2.93. The Labute approximate surface area is 90.0 Å². The Morgan fingerprint density at radius 2 is 2.36 bits per heavy atom. The van der Waals surface area contributed by atoms with Gasteiger partial charge in [-0.05, 0) is 11.6 Å². The number of rotatable bonds is 4. The molecular formula is C6H8Cl2N4O2. The molecule has 0 radical (unpaired) electrons. The molecule has 78 valence electrons. The molecular weight excluding hydrogens is 231 g/mol. The van der Waals surface area contributed by atoms with Gasteiger partial charge < -0.3 is 10.5 Å². The molecule has 1 unspecified atom stereocenters. The van der Waals surface area contributed by atoms with E-state index in [1.54, 1.807) is 0 Å². The van der Waals surface area contributed by atoms with Crippen molar-refractivity contribution in [1.82, 2.24) is 9.97 Å². The summed E-state index contributed by atoms with van der Waals surface area (Å²) < 4.78 is 0. The second-order valence-electron chi connectivity index (χ2n) is 2.32. The topological polar surface area (TPSA) is 85.5 Å². The normalized spacial score (nSPS) is 12.6. The zero-order valence-corrected chi connectivity index (χ0v) is 8.51. The zero-order chi connectivity index (χ0) is 10.6. The SMILES string of the molecule is [O-][NH+](O)c1cnc(Cl)nc1NCCCl. The molecule has 0 aliphatic carbocycles. The van der Waals surface area contributed by atoms with Crippen LogP contribution in [0.2, 0.25) is 5.28 Å². The standard InChI is InChI=1S/C6H8Cl2N4O2/c7-1-2-9-5-4(12(13)14)3-10-6(8)11-5/h3,12-13H,1-2H2,(H,9,10,11). The van der Waals surface area contributed by atoms with E-state index in [1.165, 1.54) is 0 Å². The molecule has 1 aromatic rings. The Kier molecular flexibility index (Phi) is 4.30. The Bertz CT molecular complexity index is 310. The average Bonchev–Trinajstić information content (AvgIpc) is 2.14. The van der Waals surface area contributed by atoms with Gasteiger partial charge in [0.15, 0.2) is 5.82 Å². The molecule has 0 aliphatic heterocycles. The van der Waals surface area contributed by atoms with Crippen molar-refractivity contribution in [3.63, 3.8) is 0 Å². The average molecular weight is 239 g/mol. The van der Waals surface area contributed by atoms with Crippen molar-refractivity contribution < 1.29 is 10.4 Å². The first-order valence-corrected chi connectivity index (χ1v) is 4.62. The number of nitrogens with zero attached hydrogens (tertiary/aromatic N) is 2. The number of quaternary nitrogens is 1. The van der Waals surface area contributed by atoms with Gasteiger partial charge in [0, 0.05) is 12.4 Å². The monoisotopic (exact) mass is 238 g/mol. The number of nitrogens with one attached hydrogen (secondary N) is 2. The van der Waals surface area contributed by atoms with Crippen molar-refractivity contribution >= 4 is 34.7 Å². The van der Waals surface area contributed by atoms with Gasteiger partial charge in [-0.25, -0.2) is 10.2 Å². The number of hydrogen-bond acceptors (Lipinski definition) is 5. The number of hydrogen-bond donors (Lipinski definition) is 3. The van der Waals surface area contributed by atoms with Crippen LogP contribution in [0.15, 0.2) is 6.20 Å². The highest BCUT2D eigenvalue weighted by molar-refractivity contribution is 6.28. The van der Waals surface area contributed by atoms with Gasteiger partial charge in [-0.1, -0.05) is 0 Å². The van der Waals surface area contributed by atoms with E-state index >= 15 is 0 Å². The Morgan fingerprint density at radius 3 is 2.93 bits per heavy atom. The molecule has 0 amide bonds. The van der Waals surface area contributed by atoms with Crippen molar-refractivity contribution in [2.24, 2.45) is 0 Å². The van der Waals surface area contributed by atoms with Gasteiger partial charge in [0.2, 0.25) is 11.0 Å². The lowest BCUT2D eigenvalue weighted by molar-refractivity contribution is -0.991. The largest absolute Gasteiger partial charge is 0.595 e. The van der Waals surface area contributed by atoms with Crippen LogP contribution in [0, 0.1) is 5.21 Å². The molecule has 3 N–H and O–H groups in total. The quantitative estimate of drug-likeness (QED) is 0.396. The first-order valence-electron chi connectivity index (χ1n) is 3.71. The molecule has 0 bridgehead atoms. The minimum Gasteiger partial charge on any atom is -0.595 e. The number of anilines is 1. The van der Waals surface area contributed by atoms with E-state index in [0.29, 0.717) is 12.4 Å². The Morgan fingerprint density at radius 1 is 1.64 bits per heavy atom. The number of halogens is 2. The molecule has 8 heteroatoms. The summed E-state index contributed by atoms with van der Waals surface area (Å²) in [6.07, 6.45) is 1.15. The van der Waals surface area contributed by atoms with Crippen molar-refractivity contribution in [3.8, 4) is 0 Å². The predicted octanol–water partition coefficient (Wildman–Crippen LogP) is 0.184. The summed E-state index contributed by atoms with van der Waals surface area (Å²) >= 11 is 10.9. The van der Waals surface area contributed by atoms with Crippen LogP contribution in [-0.2, 0) is 0 Å². The van der Waals surface area contributed by atoms with Crippen LogP contribution in [-0.4, -0.2) is 27.6 Å². The van der Waals surface area contributed by atoms with Crippen LogP contribution < -0.4 is 10.5 Å². The summed E-state index contributed by atoms with van der Waals surface area (Å²) in [5.41, 5.74) is -0.0282. The molecule has 1 heterocycles. The maximum Gasteiger partial charge on any atom is 0.225 e. The van der Waals surface area contributed by atoms with Gasteiger partial charge >= 0.3 is 0 Å². The van der Waals surface area contributed by atoms with Crippen LogP contribution in [0.1, 0.15) is 0 Å². The highest BCUT2D eigenvalue weighted by Crippen LogP contribution is 2.14. The van der Waals surface area contributed by atoms with Crippen molar-refractivity contribution in [1.29, 1.82) is 0 Å². The van der Waals surface area contributed by atoms with Gasteiger partial charge in [-0.3, -0.25) is 0 Å². The third-order valence-corrected chi connectivity index (χ3v) is 1.75. The van der Waals surface area contributed by atoms with E-state index in [1.807, 2.05) is 0 Å². The molecule has 0 aliphatic rings. The molecule has 0 fully saturated rings. The smallest absolute Gasteiger partial charge is 0.225 e. The van der Waals surface area contributed by atoms with E-state index in [4.69, 9.17) is 28.4 Å². The van der Waals surface area contributed by atoms with Crippen molar-refractivity contribution in [2.45, 2.75) is 0 Å². The molecule has 0 spiro atoms. The lowest BCUT2D eigenvalue weighted by Crippen LogP contribution is -2.99. The predicted molar refractivity (Wildman–Crippen MR) is 52.0 cm³/mol. The van der Waals surface area contributed by atoms with Gasteiger partial charge in [-0.2, -0.15) is 10.2 Å². The fourth-order valence-corrected chi connectivity index (χ4v) is 1.05. The Balaban J connectivity index is 2.91. The van der Waals surface area contributed by atoms with Gasteiger partial charge in [0.05, 0.1) is 6.20 Å². The first-order chi connectivity index (χ1) is 6.65. The number of alkyl halides is 1. The lowest BCUT2D eigenvalue weighted by Gasteiger charge is -2.14. The lowest BCUT2D eigenvalue weighted by atomic mass is 10.5. The van der Waals surface area contributed by atoms with Crippen LogP contribution >= 0.6 is 23.2 Å². The maximum absolute atomic E-state index is 10.7. The number of aromatic nitrogens is 2. The van der Waals surface area contributed by atoms with Crippen LogP contribution in [0.5, 0.6) is 0 Å². The second kappa shape index (κ2) is 5.28. The van der Waals surface area contributed by atoms with E-state index in [0.717, 1.165) is 6.20 Å². The van der Waals surface area contributed by atoms with Gasteiger partial charge in [0.25, 0.3) is 0 Å². The van der Waals surface area contributed by atoms with E-state index in [2.05, 4.69) is 15.3 Å². The summed E-state index contributed by atoms with van der Waals surface area (Å²) in [5.74, 6) is 0.527. The summed E-state index contributed by atoms with van der Waals surface area (Å²) in [7, 11) is 0. The highest BCUT2D eigenvalue weighted by atomic mass is 35.5. The van der Waals surface area contributed by atoms with Crippen molar-refractivity contribution in [3.05, 3.63) is 16.7 Å². The molecule has 0 aromatic carbocycles. The summed E-state index contributed by atoms with van der Waals surface area (Å²) in [4.78, 5) is 7.31. The molecule has 1 aromatic heterocycles. The van der Waals surface area contributed by atoms with Gasteiger partial charge in [-0.15, -0.1) is 11.6 Å². The summed E-state index contributed by atoms with van der Waals surface area (Å²) in [6.45, 7) is 0.412. The van der Waals surface area contributed by atoms with E-state index in [9.17, 15) is 5.21 Å². The van der Waals surface area contributed by atoms with Crippen molar-refractivity contribution in [2.75, 3.05) is 17.7 Å². The first kappa shape index (κ1) is 11.4. The van der Waals surface area contributed by atoms with E-state index < -0.39 is 5.23 Å². The maximum atomic E-state index is 10.7. The minimum absolute atomic E-state index is 0.00734. The second-order valence-corrected chi connectivity index (χ2v) is 3.04. The van der Waals surface area contributed by atoms with Crippen LogP contribution in [0.25, 0.3) is 0 Å². The molecule has 1 atom stereocenters. The summed E-state index contributed by atoms with van der Waals surface area (Å²) in [6, 6.07) is 0. The molecule has 14 heavy (non-hydrogen) atoms.